The molecule has 192 valence electrons. The number of rotatable bonds is 11. The molecule has 0 unspecified atom stereocenters. The van der Waals surface area contributed by atoms with Crippen LogP contribution in [-0.2, 0) is 20.2 Å². The first-order valence-corrected chi connectivity index (χ1v) is 14.1. The Hall–Kier alpha value is -3.58. The van der Waals surface area contributed by atoms with Crippen LogP contribution in [0.5, 0.6) is 0 Å². The minimum absolute atomic E-state index is 0.170. The van der Waals surface area contributed by atoms with Gasteiger partial charge in [-0.1, -0.05) is 12.1 Å². The van der Waals surface area contributed by atoms with Gasteiger partial charge in [-0.3, -0.25) is 9.11 Å². The van der Waals surface area contributed by atoms with E-state index in [1.165, 1.54) is 12.3 Å². The van der Waals surface area contributed by atoms with Crippen LogP contribution in [0.25, 0.3) is 0 Å². The highest BCUT2D eigenvalue weighted by atomic mass is 32.2. The van der Waals surface area contributed by atoms with Crippen LogP contribution in [0.2, 0.25) is 0 Å². The Balaban J connectivity index is 2.02. The van der Waals surface area contributed by atoms with Gasteiger partial charge in [0.05, 0.1) is 11.5 Å². The lowest BCUT2D eigenvalue weighted by atomic mass is 10.1. The lowest BCUT2D eigenvalue weighted by molar-refractivity contribution is 0.480. The van der Waals surface area contributed by atoms with Gasteiger partial charge in [-0.05, 0) is 73.2 Å². The van der Waals surface area contributed by atoms with Crippen molar-refractivity contribution in [3.05, 3.63) is 85.1 Å². The van der Waals surface area contributed by atoms with Crippen molar-refractivity contribution in [2.75, 3.05) is 39.3 Å². The van der Waals surface area contributed by atoms with Crippen LogP contribution in [-0.4, -0.2) is 44.0 Å². The summed E-state index contributed by atoms with van der Waals surface area (Å²) in [4.78, 5) is 3.62. The summed E-state index contributed by atoms with van der Waals surface area (Å²) in [7, 11) is -8.31. The highest BCUT2D eigenvalue weighted by Gasteiger charge is 2.15. The molecule has 0 saturated carbocycles. The third-order valence-corrected chi connectivity index (χ3v) is 6.56. The van der Waals surface area contributed by atoms with E-state index in [4.69, 9.17) is 20.6 Å². The zero-order valence-electron chi connectivity index (χ0n) is 19.3. The fourth-order valence-corrected chi connectivity index (χ4v) is 4.33. The van der Waals surface area contributed by atoms with Crippen molar-refractivity contribution >= 4 is 54.4 Å². The highest BCUT2D eigenvalue weighted by molar-refractivity contribution is 7.86. The normalized spacial score (nSPS) is 12.1. The van der Waals surface area contributed by atoms with Crippen LogP contribution >= 0.6 is 0 Å². The standard InChI is InChI=1S/C24H28N4O6S2/c25-19-6-10-21(11-7-19)27(14-2-16-35(29,30)31)23-4-1-5-24(18-23)28(15-3-17-36(32,33)34)22-12-8-20(26)9-13-22/h1-2,4-14,18H,3,15-17,25-26H2,(H,29,30,31)(H,32,33,34)/b14-2-. The Labute approximate surface area is 211 Å². The topological polar surface area (TPSA) is 167 Å². The Bertz CT molecular complexity index is 1410. The molecule has 0 bridgehead atoms. The molecule has 3 aromatic rings. The minimum Gasteiger partial charge on any atom is -0.399 e. The minimum atomic E-state index is -4.20. The van der Waals surface area contributed by atoms with E-state index < -0.39 is 31.7 Å². The van der Waals surface area contributed by atoms with E-state index in [-0.39, 0.29) is 13.0 Å². The summed E-state index contributed by atoms with van der Waals surface area (Å²) in [6.07, 6.45) is 3.02. The molecule has 0 aliphatic rings. The van der Waals surface area contributed by atoms with Crippen LogP contribution in [0.15, 0.2) is 85.1 Å². The van der Waals surface area contributed by atoms with E-state index in [9.17, 15) is 16.8 Å². The first kappa shape index (κ1) is 27.0. The summed E-state index contributed by atoms with van der Waals surface area (Å²) < 4.78 is 63.2. The molecule has 10 nitrogen and oxygen atoms in total. The summed E-state index contributed by atoms with van der Waals surface area (Å²) in [5.74, 6) is -0.959. The molecule has 0 atom stereocenters. The average Bonchev–Trinajstić information content (AvgIpc) is 2.80. The largest absolute Gasteiger partial charge is 0.399 e. The molecular weight excluding hydrogens is 504 g/mol. The van der Waals surface area contributed by atoms with E-state index in [2.05, 4.69) is 0 Å². The van der Waals surface area contributed by atoms with Crippen LogP contribution < -0.4 is 21.3 Å². The van der Waals surface area contributed by atoms with Gasteiger partial charge in [0.15, 0.2) is 0 Å². The number of nitrogens with two attached hydrogens (primary N) is 2. The van der Waals surface area contributed by atoms with Gasteiger partial charge >= 0.3 is 0 Å². The number of hydrogen-bond acceptors (Lipinski definition) is 8. The summed E-state index contributed by atoms with van der Waals surface area (Å²) in [6, 6.07) is 21.3. The van der Waals surface area contributed by atoms with Crippen molar-refractivity contribution in [1.29, 1.82) is 0 Å². The van der Waals surface area contributed by atoms with Gasteiger partial charge in [0, 0.05) is 46.9 Å². The number of anilines is 6. The molecule has 12 heteroatoms. The maximum Gasteiger partial charge on any atom is 0.268 e. The van der Waals surface area contributed by atoms with Crippen molar-refractivity contribution in [1.82, 2.24) is 0 Å². The number of nitrogens with zero attached hydrogens (tertiary/aromatic N) is 2. The number of hydrogen-bond donors (Lipinski definition) is 4. The molecular formula is C24H28N4O6S2. The third kappa shape index (κ3) is 8.27. The summed E-state index contributed by atoms with van der Waals surface area (Å²) in [5, 5.41) is 0. The monoisotopic (exact) mass is 532 g/mol. The highest BCUT2D eigenvalue weighted by Crippen LogP contribution is 2.33. The van der Waals surface area contributed by atoms with E-state index in [1.54, 1.807) is 59.5 Å². The van der Waals surface area contributed by atoms with E-state index >= 15 is 0 Å². The zero-order chi connectivity index (χ0) is 26.3. The third-order valence-electron chi connectivity index (χ3n) is 5.14. The molecule has 0 saturated heterocycles. The molecule has 3 aromatic carbocycles. The Morgan fingerprint density at radius 1 is 0.722 bits per heavy atom. The Kier molecular flexibility index (Phi) is 8.58. The second kappa shape index (κ2) is 11.4. The maximum absolute atomic E-state index is 11.3. The molecule has 36 heavy (non-hydrogen) atoms. The predicted molar refractivity (Wildman–Crippen MR) is 144 cm³/mol. The van der Waals surface area contributed by atoms with Gasteiger partial charge in [-0.2, -0.15) is 16.8 Å². The summed E-state index contributed by atoms with van der Waals surface area (Å²) in [5.41, 5.74) is 15.6. The Morgan fingerprint density at radius 3 is 1.83 bits per heavy atom. The zero-order valence-corrected chi connectivity index (χ0v) is 20.9. The Morgan fingerprint density at radius 2 is 1.28 bits per heavy atom. The van der Waals surface area contributed by atoms with Crippen molar-refractivity contribution < 1.29 is 25.9 Å². The van der Waals surface area contributed by atoms with Crippen LogP contribution in [0.3, 0.4) is 0 Å². The quantitative estimate of drug-likeness (QED) is 0.210. The van der Waals surface area contributed by atoms with Crippen LogP contribution in [0, 0.1) is 0 Å². The second-order valence-corrected chi connectivity index (χ2v) is 11.1. The molecule has 0 amide bonds. The first-order valence-electron chi connectivity index (χ1n) is 10.9. The summed E-state index contributed by atoms with van der Waals surface area (Å²) in [6.45, 7) is 0.285. The second-order valence-electron chi connectivity index (χ2n) is 8.00. The SMILES string of the molecule is Nc1ccc(N(/C=C\CS(=O)(=O)O)c2cccc(N(CCCS(=O)(=O)O)c3ccc(N)cc3)c2)cc1. The van der Waals surface area contributed by atoms with Crippen LogP contribution in [0.4, 0.5) is 34.1 Å². The van der Waals surface area contributed by atoms with Crippen molar-refractivity contribution in [2.45, 2.75) is 6.42 Å². The lowest BCUT2D eigenvalue weighted by Crippen LogP contribution is -2.21. The fourth-order valence-electron chi connectivity index (χ4n) is 3.50. The van der Waals surface area contributed by atoms with Gasteiger partial charge in [0.1, 0.15) is 0 Å². The van der Waals surface area contributed by atoms with Gasteiger partial charge in [-0.15, -0.1) is 0 Å². The molecule has 0 aliphatic carbocycles. The van der Waals surface area contributed by atoms with Crippen molar-refractivity contribution in [3.63, 3.8) is 0 Å². The first-order chi connectivity index (χ1) is 16.9. The molecule has 6 N–H and O–H groups in total. The van der Waals surface area contributed by atoms with Crippen molar-refractivity contribution in [3.8, 4) is 0 Å². The maximum atomic E-state index is 11.3. The van der Waals surface area contributed by atoms with Crippen LogP contribution in [0.1, 0.15) is 6.42 Å². The van der Waals surface area contributed by atoms with Gasteiger partial charge in [-0.25, -0.2) is 0 Å². The molecule has 0 aliphatic heterocycles. The fraction of sp³-hybridized carbons (Fsp3) is 0.167. The molecule has 0 radical (unpaired) electrons. The average molecular weight is 533 g/mol. The van der Waals surface area contributed by atoms with E-state index in [0.29, 0.717) is 22.7 Å². The van der Waals surface area contributed by atoms with Gasteiger partial charge in [0.2, 0.25) is 0 Å². The smallest absolute Gasteiger partial charge is 0.268 e. The van der Waals surface area contributed by atoms with Gasteiger partial charge < -0.3 is 21.3 Å². The lowest BCUT2D eigenvalue weighted by Gasteiger charge is -2.27. The summed E-state index contributed by atoms with van der Waals surface area (Å²) >= 11 is 0. The van der Waals surface area contributed by atoms with E-state index in [0.717, 1.165) is 11.4 Å². The van der Waals surface area contributed by atoms with Gasteiger partial charge in [0.25, 0.3) is 20.2 Å². The molecule has 0 heterocycles. The number of benzene rings is 3. The molecule has 0 spiro atoms. The molecule has 0 fully saturated rings. The molecule has 3 rings (SSSR count). The molecule has 0 aromatic heterocycles. The van der Waals surface area contributed by atoms with Crippen molar-refractivity contribution in [2.24, 2.45) is 0 Å². The van der Waals surface area contributed by atoms with E-state index in [1.807, 2.05) is 23.1 Å². The number of nitrogen functional groups attached to an aromatic ring is 2. The predicted octanol–water partition coefficient (Wildman–Crippen LogP) is 3.81.